The predicted octanol–water partition coefficient (Wildman–Crippen LogP) is 3.49. The second-order valence-corrected chi connectivity index (χ2v) is 7.18. The maximum absolute atomic E-state index is 12.3. The number of carbonyl (C=O) groups is 1. The third-order valence-electron chi connectivity index (χ3n) is 3.35. The molecule has 3 aromatic heterocycles. The molecule has 1 amide bonds. The number of aryl methyl sites for hydroxylation is 2. The number of rotatable bonds is 3. The lowest BCUT2D eigenvalue weighted by Crippen LogP contribution is -2.22. The molecule has 3 heterocycles. The third kappa shape index (κ3) is 2.64. The van der Waals surface area contributed by atoms with E-state index in [4.69, 9.17) is 5.73 Å². The van der Waals surface area contributed by atoms with Gasteiger partial charge in [0.05, 0.1) is 12.2 Å². The van der Waals surface area contributed by atoms with Crippen molar-refractivity contribution < 1.29 is 4.79 Å². The molecule has 4 nitrogen and oxygen atoms in total. The first-order valence-electron chi connectivity index (χ1n) is 6.53. The highest BCUT2D eigenvalue weighted by molar-refractivity contribution is 7.21. The zero-order valence-electron chi connectivity index (χ0n) is 11.8. The van der Waals surface area contributed by atoms with Crippen LogP contribution in [-0.2, 0) is 6.54 Å². The molecule has 0 saturated carbocycles. The fourth-order valence-electron chi connectivity index (χ4n) is 2.10. The van der Waals surface area contributed by atoms with E-state index in [1.807, 2.05) is 12.1 Å². The van der Waals surface area contributed by atoms with Gasteiger partial charge in [-0.25, -0.2) is 4.98 Å². The molecule has 0 bridgehead atoms. The fraction of sp³-hybridized carbons (Fsp3) is 0.200. The molecular weight excluding hydrogens is 302 g/mol. The van der Waals surface area contributed by atoms with E-state index in [-0.39, 0.29) is 5.91 Å². The lowest BCUT2D eigenvalue weighted by Gasteiger charge is -2.02. The molecule has 0 aliphatic rings. The molecule has 6 heteroatoms. The number of hydrogen-bond donors (Lipinski definition) is 2. The normalized spacial score (nSPS) is 11.0. The average molecular weight is 317 g/mol. The van der Waals surface area contributed by atoms with Gasteiger partial charge in [-0.05, 0) is 37.6 Å². The van der Waals surface area contributed by atoms with Crippen LogP contribution in [0.2, 0.25) is 0 Å². The number of pyridine rings is 1. The molecule has 0 aliphatic carbocycles. The monoisotopic (exact) mass is 317 g/mol. The summed E-state index contributed by atoms with van der Waals surface area (Å²) in [7, 11) is 0. The lowest BCUT2D eigenvalue weighted by molar-refractivity contribution is 0.0956. The number of aromatic nitrogens is 1. The quantitative estimate of drug-likeness (QED) is 0.777. The van der Waals surface area contributed by atoms with Crippen molar-refractivity contribution in [3.8, 4) is 0 Å². The minimum absolute atomic E-state index is 0.140. The van der Waals surface area contributed by atoms with Crippen LogP contribution in [0.1, 0.15) is 25.0 Å². The number of carbonyl (C=O) groups excluding carboxylic acids is 1. The van der Waals surface area contributed by atoms with Crippen molar-refractivity contribution in [2.24, 2.45) is 0 Å². The average Bonchev–Trinajstić information content (AvgIpc) is 2.98. The Morgan fingerprint density at radius 3 is 2.86 bits per heavy atom. The summed E-state index contributed by atoms with van der Waals surface area (Å²) in [5, 5.41) is 3.77. The van der Waals surface area contributed by atoms with Crippen molar-refractivity contribution in [3.05, 3.63) is 44.6 Å². The van der Waals surface area contributed by atoms with Crippen molar-refractivity contribution in [2.75, 3.05) is 5.73 Å². The molecule has 108 valence electrons. The van der Waals surface area contributed by atoms with Gasteiger partial charge in [-0.3, -0.25) is 4.79 Å². The topological polar surface area (TPSA) is 68.0 Å². The predicted molar refractivity (Wildman–Crippen MR) is 89.0 cm³/mol. The molecule has 0 spiro atoms. The van der Waals surface area contributed by atoms with Crippen LogP contribution < -0.4 is 11.1 Å². The van der Waals surface area contributed by atoms with Gasteiger partial charge in [0.2, 0.25) is 0 Å². The summed E-state index contributed by atoms with van der Waals surface area (Å²) < 4.78 is 0. The van der Waals surface area contributed by atoms with E-state index in [1.54, 1.807) is 17.5 Å². The minimum Gasteiger partial charge on any atom is -0.397 e. The number of nitrogens with zero attached hydrogens (tertiary/aromatic N) is 1. The highest BCUT2D eigenvalue weighted by Crippen LogP contribution is 2.31. The SMILES string of the molecule is Cc1cc(CNC(=O)c2sc3ncccc3c2N)sc1C. The summed E-state index contributed by atoms with van der Waals surface area (Å²) in [6, 6.07) is 5.82. The number of anilines is 1. The molecule has 0 fully saturated rings. The van der Waals surface area contributed by atoms with E-state index in [0.29, 0.717) is 17.1 Å². The van der Waals surface area contributed by atoms with Crippen molar-refractivity contribution >= 4 is 44.5 Å². The molecule has 0 radical (unpaired) electrons. The van der Waals surface area contributed by atoms with Crippen molar-refractivity contribution in [2.45, 2.75) is 20.4 Å². The summed E-state index contributed by atoms with van der Waals surface area (Å²) in [5.41, 5.74) is 7.82. The molecule has 0 aromatic carbocycles. The van der Waals surface area contributed by atoms with E-state index >= 15 is 0 Å². The van der Waals surface area contributed by atoms with E-state index < -0.39 is 0 Å². The van der Waals surface area contributed by atoms with Crippen LogP contribution >= 0.6 is 22.7 Å². The smallest absolute Gasteiger partial charge is 0.263 e. The van der Waals surface area contributed by atoms with Gasteiger partial charge in [-0.2, -0.15) is 0 Å². The Hall–Kier alpha value is -1.92. The Bertz CT molecular complexity index is 800. The fourth-order valence-corrected chi connectivity index (χ4v) is 4.08. The van der Waals surface area contributed by atoms with Gasteiger partial charge >= 0.3 is 0 Å². The molecule has 0 saturated heterocycles. The number of amides is 1. The number of nitrogen functional groups attached to an aromatic ring is 1. The van der Waals surface area contributed by atoms with Gasteiger partial charge in [0, 0.05) is 21.3 Å². The van der Waals surface area contributed by atoms with Gasteiger partial charge in [0.1, 0.15) is 9.71 Å². The van der Waals surface area contributed by atoms with Crippen molar-refractivity contribution in [1.82, 2.24) is 10.3 Å². The number of fused-ring (bicyclic) bond motifs is 1. The van der Waals surface area contributed by atoms with Crippen LogP contribution in [0.4, 0.5) is 5.69 Å². The van der Waals surface area contributed by atoms with Crippen molar-refractivity contribution in [1.29, 1.82) is 0 Å². The summed E-state index contributed by atoms with van der Waals surface area (Å²) in [4.78, 5) is 20.3. The molecule has 21 heavy (non-hydrogen) atoms. The van der Waals surface area contributed by atoms with Gasteiger partial charge in [-0.15, -0.1) is 22.7 Å². The molecular formula is C15H15N3OS2. The largest absolute Gasteiger partial charge is 0.397 e. The summed E-state index contributed by atoms with van der Waals surface area (Å²) in [6.07, 6.45) is 1.71. The van der Waals surface area contributed by atoms with Crippen LogP contribution in [0.25, 0.3) is 10.2 Å². The van der Waals surface area contributed by atoms with Crippen LogP contribution in [0, 0.1) is 13.8 Å². The van der Waals surface area contributed by atoms with E-state index in [1.165, 1.54) is 21.8 Å². The second kappa shape index (κ2) is 5.46. The standard InChI is InChI=1S/C15H15N3OS2/c1-8-6-10(20-9(8)2)7-18-14(19)13-12(16)11-4-3-5-17-15(11)21-13/h3-6H,7,16H2,1-2H3,(H,18,19). The van der Waals surface area contributed by atoms with Gasteiger partial charge < -0.3 is 11.1 Å². The molecule has 0 aliphatic heterocycles. The van der Waals surface area contributed by atoms with E-state index in [0.717, 1.165) is 15.1 Å². The molecule has 3 N–H and O–H groups in total. The molecule has 0 unspecified atom stereocenters. The number of nitrogens with one attached hydrogen (secondary N) is 1. The Morgan fingerprint density at radius 2 is 2.19 bits per heavy atom. The van der Waals surface area contributed by atoms with E-state index in [9.17, 15) is 4.79 Å². The van der Waals surface area contributed by atoms with E-state index in [2.05, 4.69) is 30.2 Å². The maximum atomic E-state index is 12.3. The number of nitrogens with two attached hydrogens (primary N) is 1. The second-order valence-electron chi connectivity index (χ2n) is 4.84. The van der Waals surface area contributed by atoms with Crippen LogP contribution in [0.15, 0.2) is 24.4 Å². The Labute approximate surface area is 130 Å². The van der Waals surface area contributed by atoms with Crippen LogP contribution in [0.3, 0.4) is 0 Å². The summed E-state index contributed by atoms with van der Waals surface area (Å²) in [5.74, 6) is -0.140. The third-order valence-corrected chi connectivity index (χ3v) is 5.63. The van der Waals surface area contributed by atoms with Crippen LogP contribution in [-0.4, -0.2) is 10.9 Å². The zero-order chi connectivity index (χ0) is 15.0. The highest BCUT2D eigenvalue weighted by Gasteiger charge is 2.16. The maximum Gasteiger partial charge on any atom is 0.263 e. The van der Waals surface area contributed by atoms with Gasteiger partial charge in [-0.1, -0.05) is 0 Å². The van der Waals surface area contributed by atoms with Crippen LogP contribution in [0.5, 0.6) is 0 Å². The van der Waals surface area contributed by atoms with Gasteiger partial charge in [0.25, 0.3) is 5.91 Å². The lowest BCUT2D eigenvalue weighted by atomic mass is 10.2. The first-order valence-corrected chi connectivity index (χ1v) is 8.16. The first kappa shape index (κ1) is 14.0. The van der Waals surface area contributed by atoms with Gasteiger partial charge in [0.15, 0.2) is 0 Å². The molecule has 3 rings (SSSR count). The highest BCUT2D eigenvalue weighted by atomic mass is 32.1. The van der Waals surface area contributed by atoms with Crippen molar-refractivity contribution in [3.63, 3.8) is 0 Å². The summed E-state index contributed by atoms with van der Waals surface area (Å²) in [6.45, 7) is 4.69. The Balaban J connectivity index is 1.79. The number of hydrogen-bond acceptors (Lipinski definition) is 5. The Kier molecular flexibility index (Phi) is 3.65. The summed E-state index contributed by atoms with van der Waals surface area (Å²) >= 11 is 3.04. The molecule has 0 atom stereocenters. The Morgan fingerprint density at radius 1 is 1.38 bits per heavy atom. The first-order chi connectivity index (χ1) is 10.1. The zero-order valence-corrected chi connectivity index (χ0v) is 13.4. The number of thiophene rings is 2. The minimum atomic E-state index is -0.140. The molecule has 3 aromatic rings.